The van der Waals surface area contributed by atoms with E-state index in [0.717, 1.165) is 12.2 Å². The van der Waals surface area contributed by atoms with E-state index in [2.05, 4.69) is 20.4 Å². The van der Waals surface area contributed by atoms with Crippen LogP contribution in [-0.2, 0) is 6.54 Å². The van der Waals surface area contributed by atoms with Crippen LogP contribution in [0.25, 0.3) is 0 Å². The Kier molecular flexibility index (Phi) is 4.14. The molecule has 0 aliphatic carbocycles. The van der Waals surface area contributed by atoms with E-state index in [1.807, 2.05) is 19.9 Å². The lowest BCUT2D eigenvalue weighted by molar-refractivity contribution is -0.389. The lowest BCUT2D eigenvalue weighted by Gasteiger charge is -2.05. The average molecular weight is 297 g/mol. The highest BCUT2D eigenvalue weighted by molar-refractivity contribution is 6.32. The summed E-state index contributed by atoms with van der Waals surface area (Å²) < 4.78 is 1.35. The molecule has 0 amide bonds. The van der Waals surface area contributed by atoms with Crippen LogP contribution in [0, 0.1) is 17.0 Å². The molecule has 0 bridgehead atoms. The van der Waals surface area contributed by atoms with Crippen LogP contribution in [0.1, 0.15) is 18.4 Å². The molecule has 0 radical (unpaired) electrons. The van der Waals surface area contributed by atoms with Crippen LogP contribution >= 0.6 is 11.6 Å². The summed E-state index contributed by atoms with van der Waals surface area (Å²) in [6.45, 7) is 4.78. The second-order valence-electron chi connectivity index (χ2n) is 4.10. The molecule has 2 aromatic heterocycles. The molecular formula is C11H13ClN6O2. The number of hydrogen-bond donors (Lipinski definition) is 1. The summed E-state index contributed by atoms with van der Waals surface area (Å²) >= 11 is 5.74. The lowest BCUT2D eigenvalue weighted by Crippen LogP contribution is -2.09. The van der Waals surface area contributed by atoms with Crippen LogP contribution in [0.2, 0.25) is 5.02 Å². The third-order valence-electron chi connectivity index (χ3n) is 2.43. The molecule has 0 aliphatic rings. The maximum atomic E-state index is 10.7. The zero-order chi connectivity index (χ0) is 14.7. The molecule has 106 valence electrons. The SMILES string of the molecule is CCNc1cc(C)nc(Cn2cc(Cl)c([N+](=O)[O-])n2)n1. The van der Waals surface area contributed by atoms with Gasteiger partial charge in [-0.15, -0.1) is 0 Å². The van der Waals surface area contributed by atoms with Gasteiger partial charge in [0, 0.05) is 18.3 Å². The highest BCUT2D eigenvalue weighted by Crippen LogP contribution is 2.21. The number of aromatic nitrogens is 4. The quantitative estimate of drug-likeness (QED) is 0.669. The van der Waals surface area contributed by atoms with Gasteiger partial charge in [0.1, 0.15) is 12.4 Å². The maximum Gasteiger partial charge on any atom is 0.408 e. The first-order valence-electron chi connectivity index (χ1n) is 5.95. The molecule has 20 heavy (non-hydrogen) atoms. The summed E-state index contributed by atoms with van der Waals surface area (Å²) in [5, 5.41) is 17.6. The van der Waals surface area contributed by atoms with E-state index in [-0.39, 0.29) is 17.4 Å². The average Bonchev–Trinajstić information content (AvgIpc) is 2.70. The topological polar surface area (TPSA) is 98.8 Å². The summed E-state index contributed by atoms with van der Waals surface area (Å²) in [6.07, 6.45) is 1.39. The molecule has 0 aromatic carbocycles. The van der Waals surface area contributed by atoms with Crippen molar-refractivity contribution >= 4 is 23.2 Å². The van der Waals surface area contributed by atoms with E-state index in [1.165, 1.54) is 10.9 Å². The van der Waals surface area contributed by atoms with Crippen molar-refractivity contribution in [2.24, 2.45) is 0 Å². The smallest absolute Gasteiger partial charge is 0.370 e. The molecule has 0 spiro atoms. The fourth-order valence-electron chi connectivity index (χ4n) is 1.71. The zero-order valence-electron chi connectivity index (χ0n) is 11.0. The minimum atomic E-state index is -0.625. The standard InChI is InChI=1S/C11H13ClN6O2/c1-3-13-9-4-7(2)14-10(15-9)6-17-5-8(12)11(16-17)18(19)20/h4-5H,3,6H2,1-2H3,(H,13,14,15). The molecule has 1 N–H and O–H groups in total. The molecule has 2 rings (SSSR count). The van der Waals surface area contributed by atoms with E-state index >= 15 is 0 Å². The minimum Gasteiger partial charge on any atom is -0.370 e. The van der Waals surface area contributed by atoms with Gasteiger partial charge in [-0.05, 0) is 18.8 Å². The second-order valence-corrected chi connectivity index (χ2v) is 4.50. The molecule has 2 aromatic rings. The Balaban J connectivity index is 2.25. The van der Waals surface area contributed by atoms with Crippen molar-refractivity contribution in [2.45, 2.75) is 20.4 Å². The summed E-state index contributed by atoms with van der Waals surface area (Å²) in [7, 11) is 0. The number of rotatable bonds is 5. The van der Waals surface area contributed by atoms with Gasteiger partial charge in [-0.1, -0.05) is 11.6 Å². The molecule has 9 heteroatoms. The summed E-state index contributed by atoms with van der Waals surface area (Å²) in [5.74, 6) is 0.851. The first-order chi connectivity index (χ1) is 9.49. The Bertz CT molecular complexity index is 642. The number of nitrogens with one attached hydrogen (secondary N) is 1. The summed E-state index contributed by atoms with van der Waals surface area (Å²) in [4.78, 5) is 18.6. The molecule has 0 saturated carbocycles. The molecule has 0 aliphatic heterocycles. The predicted octanol–water partition coefficient (Wildman–Crippen LogP) is 2.02. The Hall–Kier alpha value is -2.22. The van der Waals surface area contributed by atoms with E-state index in [1.54, 1.807) is 0 Å². The van der Waals surface area contributed by atoms with Crippen molar-refractivity contribution in [1.82, 2.24) is 19.7 Å². The maximum absolute atomic E-state index is 10.7. The number of hydrogen-bond acceptors (Lipinski definition) is 6. The fourth-order valence-corrected chi connectivity index (χ4v) is 1.93. The van der Waals surface area contributed by atoms with E-state index in [4.69, 9.17) is 11.6 Å². The van der Waals surface area contributed by atoms with Crippen LogP contribution in [0.3, 0.4) is 0 Å². The van der Waals surface area contributed by atoms with Gasteiger partial charge in [-0.2, -0.15) is 4.68 Å². The van der Waals surface area contributed by atoms with Gasteiger partial charge in [0.25, 0.3) is 0 Å². The van der Waals surface area contributed by atoms with Crippen LogP contribution in [0.5, 0.6) is 0 Å². The normalized spacial score (nSPS) is 10.6. The number of halogens is 1. The van der Waals surface area contributed by atoms with Gasteiger partial charge >= 0.3 is 5.82 Å². The van der Waals surface area contributed by atoms with Gasteiger partial charge in [-0.3, -0.25) is 0 Å². The number of aryl methyl sites for hydroxylation is 1. The third kappa shape index (κ3) is 3.21. The van der Waals surface area contributed by atoms with Crippen LogP contribution in [-0.4, -0.2) is 31.2 Å². The minimum absolute atomic E-state index is 0.00504. The monoisotopic (exact) mass is 296 g/mol. The van der Waals surface area contributed by atoms with E-state index < -0.39 is 4.92 Å². The number of nitro groups is 1. The number of nitrogens with zero attached hydrogens (tertiary/aromatic N) is 5. The largest absolute Gasteiger partial charge is 0.408 e. The van der Waals surface area contributed by atoms with Gasteiger partial charge < -0.3 is 15.4 Å². The van der Waals surface area contributed by atoms with Gasteiger partial charge in [-0.25, -0.2) is 9.97 Å². The van der Waals surface area contributed by atoms with Gasteiger partial charge in [0.2, 0.25) is 0 Å². The van der Waals surface area contributed by atoms with Crippen molar-refractivity contribution in [3.63, 3.8) is 0 Å². The Morgan fingerprint density at radius 3 is 2.85 bits per heavy atom. The first kappa shape index (κ1) is 14.2. The second kappa shape index (κ2) is 5.83. The van der Waals surface area contributed by atoms with Gasteiger partial charge in [0.15, 0.2) is 10.8 Å². The molecule has 0 fully saturated rings. The summed E-state index contributed by atoms with van der Waals surface area (Å²) in [5.41, 5.74) is 0.804. The van der Waals surface area contributed by atoms with Crippen LogP contribution in [0.4, 0.5) is 11.6 Å². The van der Waals surface area contributed by atoms with E-state index in [0.29, 0.717) is 11.6 Å². The Morgan fingerprint density at radius 2 is 2.25 bits per heavy atom. The number of anilines is 1. The highest BCUT2D eigenvalue weighted by atomic mass is 35.5. The van der Waals surface area contributed by atoms with E-state index in [9.17, 15) is 10.1 Å². The molecule has 0 unspecified atom stereocenters. The van der Waals surface area contributed by atoms with Crippen molar-refractivity contribution in [3.8, 4) is 0 Å². The Labute approximate surface area is 120 Å². The molecule has 0 saturated heterocycles. The van der Waals surface area contributed by atoms with Crippen LogP contribution < -0.4 is 5.32 Å². The summed E-state index contributed by atoms with van der Waals surface area (Å²) in [6, 6.07) is 1.82. The van der Waals surface area contributed by atoms with Crippen molar-refractivity contribution in [2.75, 3.05) is 11.9 Å². The van der Waals surface area contributed by atoms with Crippen molar-refractivity contribution < 1.29 is 4.92 Å². The molecule has 8 nitrogen and oxygen atoms in total. The Morgan fingerprint density at radius 1 is 1.50 bits per heavy atom. The predicted molar refractivity (Wildman–Crippen MR) is 73.9 cm³/mol. The molecule has 0 atom stereocenters. The lowest BCUT2D eigenvalue weighted by atomic mass is 10.4. The fraction of sp³-hybridized carbons (Fsp3) is 0.364. The third-order valence-corrected chi connectivity index (χ3v) is 2.70. The molecule has 2 heterocycles. The zero-order valence-corrected chi connectivity index (χ0v) is 11.8. The van der Waals surface area contributed by atoms with Crippen molar-refractivity contribution in [1.29, 1.82) is 0 Å². The van der Waals surface area contributed by atoms with Gasteiger partial charge in [0.05, 0.1) is 11.3 Å². The first-order valence-corrected chi connectivity index (χ1v) is 6.33. The highest BCUT2D eigenvalue weighted by Gasteiger charge is 2.19. The van der Waals surface area contributed by atoms with Crippen molar-refractivity contribution in [3.05, 3.63) is 38.9 Å². The van der Waals surface area contributed by atoms with Crippen LogP contribution in [0.15, 0.2) is 12.3 Å². The molecular weight excluding hydrogens is 284 g/mol.